The maximum absolute atomic E-state index is 13.0. The molecule has 0 radical (unpaired) electrons. The molecule has 1 amide bonds. The van der Waals surface area contributed by atoms with Gasteiger partial charge in [-0.05, 0) is 29.5 Å². The second kappa shape index (κ2) is 7.95. The third-order valence-corrected chi connectivity index (χ3v) is 6.20. The fraction of sp³-hybridized carbons (Fsp3) is 0.208. The molecule has 4 rings (SSSR count). The van der Waals surface area contributed by atoms with Crippen molar-refractivity contribution >= 4 is 40.2 Å². The van der Waals surface area contributed by atoms with E-state index in [4.69, 9.17) is 4.74 Å². The van der Waals surface area contributed by atoms with Crippen LogP contribution in [0.25, 0.3) is 21.9 Å². The minimum Gasteiger partial charge on any atom is -0.452 e. The van der Waals surface area contributed by atoms with Crippen LogP contribution in [-0.4, -0.2) is 48.5 Å². The van der Waals surface area contributed by atoms with Gasteiger partial charge >= 0.3 is 5.97 Å². The number of carbonyl (C=O) groups excluding carboxylic acids is 3. The van der Waals surface area contributed by atoms with Crippen molar-refractivity contribution in [3.8, 4) is 11.1 Å². The second-order valence-corrected chi connectivity index (χ2v) is 8.38. The average Bonchev–Trinajstić information content (AvgIpc) is 2.75. The molecule has 1 atom stereocenters. The summed E-state index contributed by atoms with van der Waals surface area (Å²) in [5.74, 6) is -0.619. The van der Waals surface area contributed by atoms with E-state index >= 15 is 0 Å². The number of benzene rings is 3. The van der Waals surface area contributed by atoms with Gasteiger partial charge in [0.1, 0.15) is 0 Å². The average molecular weight is 420 g/mol. The molecule has 3 aromatic rings. The van der Waals surface area contributed by atoms with E-state index in [2.05, 4.69) is 0 Å². The first-order chi connectivity index (χ1) is 14.4. The summed E-state index contributed by atoms with van der Waals surface area (Å²) < 4.78 is 5.25. The molecule has 0 bridgehead atoms. The number of carbonyl (C=O) groups is 3. The number of thioether (sulfide) groups is 1. The van der Waals surface area contributed by atoms with Crippen LogP contribution in [-0.2, 0) is 14.3 Å². The highest BCUT2D eigenvalue weighted by atomic mass is 32.2. The maximum Gasteiger partial charge on any atom is 0.317 e. The molecule has 0 fully saturated rings. The molecule has 1 aliphatic rings. The quantitative estimate of drug-likeness (QED) is 0.359. The van der Waals surface area contributed by atoms with Gasteiger partial charge in [-0.3, -0.25) is 14.4 Å². The minimum absolute atomic E-state index is 0.0151. The van der Waals surface area contributed by atoms with Crippen molar-refractivity contribution in [1.29, 1.82) is 0 Å². The summed E-state index contributed by atoms with van der Waals surface area (Å²) in [6, 6.07) is 17.3. The molecule has 0 saturated heterocycles. The van der Waals surface area contributed by atoms with Gasteiger partial charge in [0.15, 0.2) is 11.9 Å². The smallest absolute Gasteiger partial charge is 0.317 e. The lowest BCUT2D eigenvalue weighted by Crippen LogP contribution is -2.35. The van der Waals surface area contributed by atoms with E-state index in [0.29, 0.717) is 11.1 Å². The number of hydrogen-bond donors (Lipinski definition) is 0. The minimum atomic E-state index is -0.821. The molecule has 0 unspecified atom stereocenters. The van der Waals surface area contributed by atoms with Crippen molar-refractivity contribution in [3.05, 3.63) is 65.7 Å². The zero-order valence-electron chi connectivity index (χ0n) is 17.0. The molecule has 0 saturated carbocycles. The highest BCUT2D eigenvalue weighted by molar-refractivity contribution is 8.00. The lowest BCUT2D eigenvalue weighted by atomic mass is 9.83. The highest BCUT2D eigenvalue weighted by Gasteiger charge is 2.26. The van der Waals surface area contributed by atoms with E-state index < -0.39 is 12.1 Å². The van der Waals surface area contributed by atoms with Crippen LogP contribution in [0.1, 0.15) is 22.8 Å². The number of hydrogen-bond acceptors (Lipinski definition) is 5. The number of rotatable bonds is 5. The number of nitrogens with zero attached hydrogens (tertiary/aromatic N) is 1. The molecule has 0 aliphatic heterocycles. The Balaban J connectivity index is 1.62. The summed E-state index contributed by atoms with van der Waals surface area (Å²) in [5.41, 5.74) is 3.34. The van der Waals surface area contributed by atoms with Gasteiger partial charge < -0.3 is 9.64 Å². The summed E-state index contributed by atoms with van der Waals surface area (Å²) in [7, 11) is 3.24. The number of fused-ring (bicyclic) bond motifs is 2. The molecule has 0 N–H and O–H groups in total. The first kappa shape index (κ1) is 20.2. The summed E-state index contributed by atoms with van der Waals surface area (Å²) in [5, 5.41) is 1.85. The van der Waals surface area contributed by atoms with Gasteiger partial charge in [0.05, 0.1) is 5.75 Å². The van der Waals surface area contributed by atoms with Gasteiger partial charge in [0.2, 0.25) is 0 Å². The van der Waals surface area contributed by atoms with Gasteiger partial charge in [-0.25, -0.2) is 0 Å². The van der Waals surface area contributed by atoms with Gasteiger partial charge in [-0.15, -0.1) is 11.8 Å². The van der Waals surface area contributed by atoms with Gasteiger partial charge in [-0.2, -0.15) is 0 Å². The number of esters is 1. The van der Waals surface area contributed by atoms with Crippen LogP contribution in [0, 0.1) is 0 Å². The monoisotopic (exact) mass is 419 g/mol. The molecular formula is C24H21NO4S. The summed E-state index contributed by atoms with van der Waals surface area (Å²) in [6.07, 6.45) is -0.821. The number of ketones is 1. The first-order valence-electron chi connectivity index (χ1n) is 9.61. The second-order valence-electron chi connectivity index (χ2n) is 7.37. The Labute approximate surface area is 179 Å². The van der Waals surface area contributed by atoms with Crippen LogP contribution >= 0.6 is 11.8 Å². The Kier molecular flexibility index (Phi) is 5.35. The first-order valence-corrected chi connectivity index (χ1v) is 10.6. The van der Waals surface area contributed by atoms with Crippen LogP contribution in [0.4, 0.5) is 0 Å². The van der Waals surface area contributed by atoms with Gasteiger partial charge in [0.25, 0.3) is 5.91 Å². The number of amides is 1. The van der Waals surface area contributed by atoms with E-state index in [1.165, 1.54) is 16.7 Å². The Morgan fingerprint density at radius 1 is 0.933 bits per heavy atom. The largest absolute Gasteiger partial charge is 0.452 e. The zero-order chi connectivity index (χ0) is 21.4. The van der Waals surface area contributed by atoms with Crippen molar-refractivity contribution in [2.75, 3.05) is 19.8 Å². The van der Waals surface area contributed by atoms with E-state index in [1.807, 2.05) is 54.6 Å². The Morgan fingerprint density at radius 2 is 1.63 bits per heavy atom. The van der Waals surface area contributed by atoms with Crippen LogP contribution in [0.2, 0.25) is 0 Å². The summed E-state index contributed by atoms with van der Waals surface area (Å²) >= 11 is 1.34. The van der Waals surface area contributed by atoms with Crippen LogP contribution in [0.3, 0.4) is 0 Å². The van der Waals surface area contributed by atoms with E-state index in [-0.39, 0.29) is 17.4 Å². The lowest BCUT2D eigenvalue weighted by Gasteiger charge is -2.21. The SMILES string of the molecule is C[C@@H](OC(=O)CSc1ccc2c3c(cccc13)C(=O)c1ccccc1-2)C(=O)N(C)C. The van der Waals surface area contributed by atoms with Crippen molar-refractivity contribution < 1.29 is 19.1 Å². The van der Waals surface area contributed by atoms with Gasteiger partial charge in [0, 0.05) is 35.5 Å². The fourth-order valence-electron chi connectivity index (χ4n) is 3.76. The van der Waals surface area contributed by atoms with E-state index in [0.717, 1.165) is 26.8 Å². The van der Waals surface area contributed by atoms with Crippen LogP contribution in [0.5, 0.6) is 0 Å². The van der Waals surface area contributed by atoms with Crippen molar-refractivity contribution in [3.63, 3.8) is 0 Å². The molecule has 1 aliphatic carbocycles. The predicted molar refractivity (Wildman–Crippen MR) is 118 cm³/mol. The zero-order valence-corrected chi connectivity index (χ0v) is 17.8. The summed E-state index contributed by atoms with van der Waals surface area (Å²) in [6.45, 7) is 1.57. The topological polar surface area (TPSA) is 63.7 Å². The van der Waals surface area contributed by atoms with Crippen LogP contribution in [0.15, 0.2) is 59.5 Å². The van der Waals surface area contributed by atoms with Gasteiger partial charge in [-0.1, -0.05) is 48.5 Å². The normalized spacial score (nSPS) is 13.0. The van der Waals surface area contributed by atoms with E-state index in [9.17, 15) is 14.4 Å². The third-order valence-electron chi connectivity index (χ3n) is 5.15. The maximum atomic E-state index is 13.0. The Morgan fingerprint density at radius 3 is 2.37 bits per heavy atom. The molecule has 6 heteroatoms. The molecule has 152 valence electrons. The molecule has 0 aromatic heterocycles. The number of likely N-dealkylation sites (N-methyl/N-ethyl adjacent to an activating group) is 1. The summed E-state index contributed by atoms with van der Waals surface area (Å²) in [4.78, 5) is 39.4. The third kappa shape index (κ3) is 3.48. The number of ether oxygens (including phenoxy) is 1. The molecule has 5 nitrogen and oxygen atoms in total. The highest BCUT2D eigenvalue weighted by Crippen LogP contribution is 2.42. The van der Waals surface area contributed by atoms with Crippen molar-refractivity contribution in [2.45, 2.75) is 17.9 Å². The van der Waals surface area contributed by atoms with E-state index in [1.54, 1.807) is 21.0 Å². The lowest BCUT2D eigenvalue weighted by molar-refractivity contribution is -0.155. The Bertz CT molecular complexity index is 1190. The predicted octanol–water partition coefficient (Wildman–Crippen LogP) is 4.16. The van der Waals surface area contributed by atoms with Crippen LogP contribution < -0.4 is 0 Å². The molecule has 30 heavy (non-hydrogen) atoms. The van der Waals surface area contributed by atoms with Crippen molar-refractivity contribution in [2.24, 2.45) is 0 Å². The molecule has 0 spiro atoms. The fourth-order valence-corrected chi connectivity index (χ4v) is 4.59. The standard InChI is InChI=1S/C24H21NO4S/c1-14(24(28)25(2)3)29-21(26)13-30-20-12-11-16-15-7-4-5-8-17(15)23(27)19-10-6-9-18(20)22(16)19/h4-12,14H,13H2,1-3H3/t14-/m1/s1. The molecule has 3 aromatic carbocycles. The van der Waals surface area contributed by atoms with Crippen molar-refractivity contribution in [1.82, 2.24) is 4.90 Å². The molecule has 0 heterocycles. The Hall–Kier alpha value is -3.12. The molecular weight excluding hydrogens is 398 g/mol.